The van der Waals surface area contributed by atoms with Gasteiger partial charge >= 0.3 is 5.69 Å². The highest BCUT2D eigenvalue weighted by Crippen LogP contribution is 2.28. The van der Waals surface area contributed by atoms with Gasteiger partial charge in [0, 0.05) is 11.4 Å². The van der Waals surface area contributed by atoms with Gasteiger partial charge in [0.2, 0.25) is 17.5 Å². The Morgan fingerprint density at radius 1 is 1.11 bits per heavy atom. The van der Waals surface area contributed by atoms with Crippen molar-refractivity contribution in [3.8, 4) is 0 Å². The molecule has 1 amide bonds. The van der Waals surface area contributed by atoms with Crippen LogP contribution < -0.4 is 16.2 Å². The Bertz CT molecular complexity index is 934. The van der Waals surface area contributed by atoms with E-state index in [9.17, 15) is 14.9 Å². The number of carbonyl (C=O) groups is 1. The van der Waals surface area contributed by atoms with E-state index in [1.54, 1.807) is 11.3 Å². The Hall–Kier alpha value is -3.53. The second kappa shape index (κ2) is 9.42. The van der Waals surface area contributed by atoms with E-state index < -0.39 is 4.92 Å². The van der Waals surface area contributed by atoms with Crippen molar-refractivity contribution in [2.24, 2.45) is 0 Å². The summed E-state index contributed by atoms with van der Waals surface area (Å²) in [5.41, 5.74) is 5.47. The lowest BCUT2D eigenvalue weighted by Crippen LogP contribution is -2.31. The van der Waals surface area contributed by atoms with Crippen LogP contribution in [0.3, 0.4) is 0 Å². The Balaban J connectivity index is 1.63. The fourth-order valence-electron chi connectivity index (χ4n) is 2.49. The maximum atomic E-state index is 12.1. The molecule has 2 heterocycles. The average molecular weight is 398 g/mol. The topological polar surface area (TPSA) is 122 Å². The molecule has 0 bridgehead atoms. The molecule has 144 valence electrons. The van der Waals surface area contributed by atoms with Crippen molar-refractivity contribution in [1.82, 2.24) is 15.4 Å². The number of aromatic nitrogens is 2. The first-order valence-electron chi connectivity index (χ1n) is 8.48. The number of hydrogen-bond donors (Lipinski definition) is 3. The number of thiophene rings is 1. The van der Waals surface area contributed by atoms with Crippen LogP contribution in [0.2, 0.25) is 0 Å². The summed E-state index contributed by atoms with van der Waals surface area (Å²) in [6.07, 6.45) is 2.06. The number of benzene rings is 1. The summed E-state index contributed by atoms with van der Waals surface area (Å²) in [4.78, 5) is 32.0. The van der Waals surface area contributed by atoms with E-state index in [0.717, 1.165) is 16.9 Å². The van der Waals surface area contributed by atoms with E-state index in [0.29, 0.717) is 6.54 Å². The van der Waals surface area contributed by atoms with Gasteiger partial charge in [0.15, 0.2) is 0 Å². The second-order valence-corrected chi connectivity index (χ2v) is 6.80. The van der Waals surface area contributed by atoms with Gasteiger partial charge in [-0.25, -0.2) is 9.97 Å². The Kier molecular flexibility index (Phi) is 6.47. The lowest BCUT2D eigenvalue weighted by Gasteiger charge is -2.10. The third kappa shape index (κ3) is 5.24. The number of nitrogens with zero attached hydrogens (tertiary/aromatic N) is 3. The number of anilines is 2. The van der Waals surface area contributed by atoms with Crippen LogP contribution in [0.1, 0.15) is 10.4 Å². The molecule has 0 radical (unpaired) electrons. The number of hydrazine groups is 1. The molecule has 0 spiro atoms. The molecule has 3 N–H and O–H groups in total. The highest BCUT2D eigenvalue weighted by atomic mass is 32.1. The first-order valence-corrected chi connectivity index (χ1v) is 9.36. The molecule has 0 saturated carbocycles. The molecular weight excluding hydrogens is 380 g/mol. The molecule has 0 aliphatic carbocycles. The van der Waals surface area contributed by atoms with Crippen molar-refractivity contribution in [3.05, 3.63) is 74.7 Å². The van der Waals surface area contributed by atoms with E-state index in [4.69, 9.17) is 0 Å². The molecule has 3 aromatic rings. The second-order valence-electron chi connectivity index (χ2n) is 5.77. The van der Waals surface area contributed by atoms with E-state index in [-0.39, 0.29) is 29.7 Å². The van der Waals surface area contributed by atoms with Gasteiger partial charge in [0.1, 0.15) is 6.33 Å². The van der Waals surface area contributed by atoms with E-state index in [1.807, 2.05) is 47.8 Å². The molecule has 28 heavy (non-hydrogen) atoms. The van der Waals surface area contributed by atoms with Crippen molar-refractivity contribution in [2.75, 3.05) is 17.3 Å². The number of amides is 1. The van der Waals surface area contributed by atoms with Crippen LogP contribution >= 0.6 is 11.3 Å². The van der Waals surface area contributed by atoms with E-state index in [1.165, 1.54) is 6.33 Å². The zero-order chi connectivity index (χ0) is 19.8. The van der Waals surface area contributed by atoms with E-state index in [2.05, 4.69) is 26.1 Å². The monoisotopic (exact) mass is 398 g/mol. The lowest BCUT2D eigenvalue weighted by atomic mass is 10.1. The van der Waals surface area contributed by atoms with Crippen LogP contribution in [-0.4, -0.2) is 27.3 Å². The molecule has 10 heteroatoms. The molecule has 0 aliphatic heterocycles. The molecule has 0 fully saturated rings. The van der Waals surface area contributed by atoms with Crippen molar-refractivity contribution in [1.29, 1.82) is 0 Å². The predicted molar refractivity (Wildman–Crippen MR) is 107 cm³/mol. The summed E-state index contributed by atoms with van der Waals surface area (Å²) in [6, 6.07) is 13.1. The SMILES string of the molecule is O=C(Cc1ccccc1)NNc1ncnc(NCCc2cccs2)c1[N+](=O)[O-]. The molecule has 1 aromatic carbocycles. The van der Waals surface area contributed by atoms with Crippen LogP contribution in [0.15, 0.2) is 54.2 Å². The van der Waals surface area contributed by atoms with Crippen molar-refractivity contribution >= 4 is 34.6 Å². The third-order valence-corrected chi connectivity index (χ3v) is 4.71. The van der Waals surface area contributed by atoms with Crippen molar-refractivity contribution in [2.45, 2.75) is 12.8 Å². The number of nitro groups is 1. The van der Waals surface area contributed by atoms with Gasteiger partial charge in [-0.15, -0.1) is 11.3 Å². The number of hydrogen-bond acceptors (Lipinski definition) is 8. The molecule has 0 unspecified atom stereocenters. The third-order valence-electron chi connectivity index (χ3n) is 3.78. The van der Waals surface area contributed by atoms with Crippen LogP contribution in [0, 0.1) is 10.1 Å². The minimum Gasteiger partial charge on any atom is -0.364 e. The minimum atomic E-state index is -0.584. The highest BCUT2D eigenvalue weighted by Gasteiger charge is 2.23. The molecule has 0 atom stereocenters. The van der Waals surface area contributed by atoms with Gasteiger partial charge in [-0.3, -0.25) is 25.8 Å². The highest BCUT2D eigenvalue weighted by molar-refractivity contribution is 7.09. The smallest absolute Gasteiger partial charge is 0.354 e. The number of nitrogens with one attached hydrogen (secondary N) is 3. The first-order chi connectivity index (χ1) is 13.6. The summed E-state index contributed by atoms with van der Waals surface area (Å²) in [6.45, 7) is 0.484. The molecule has 3 rings (SSSR count). The quantitative estimate of drug-likeness (QED) is 0.374. The Labute approximate surface area is 165 Å². The summed E-state index contributed by atoms with van der Waals surface area (Å²) >= 11 is 1.62. The normalized spacial score (nSPS) is 10.3. The van der Waals surface area contributed by atoms with Gasteiger partial charge in [-0.05, 0) is 23.4 Å². The molecule has 0 saturated heterocycles. The molecular formula is C18H18N6O3S. The summed E-state index contributed by atoms with van der Waals surface area (Å²) < 4.78 is 0. The first kappa shape index (κ1) is 19.2. The van der Waals surface area contributed by atoms with Crippen LogP contribution in [0.25, 0.3) is 0 Å². The summed E-state index contributed by atoms with van der Waals surface area (Å²) in [5.74, 6) is -0.331. The summed E-state index contributed by atoms with van der Waals surface area (Å²) in [7, 11) is 0. The number of carbonyl (C=O) groups excluding carboxylic acids is 1. The molecule has 9 nitrogen and oxygen atoms in total. The van der Waals surface area contributed by atoms with Gasteiger partial charge in [0.25, 0.3) is 0 Å². The molecule has 0 aliphatic rings. The largest absolute Gasteiger partial charge is 0.364 e. The van der Waals surface area contributed by atoms with Crippen LogP contribution in [0.5, 0.6) is 0 Å². The number of rotatable bonds is 9. The van der Waals surface area contributed by atoms with Crippen molar-refractivity contribution < 1.29 is 9.72 Å². The van der Waals surface area contributed by atoms with Gasteiger partial charge in [-0.1, -0.05) is 36.4 Å². The lowest BCUT2D eigenvalue weighted by molar-refractivity contribution is -0.383. The molecule has 2 aromatic heterocycles. The maximum Gasteiger partial charge on any atom is 0.354 e. The fraction of sp³-hybridized carbons (Fsp3) is 0.167. The average Bonchev–Trinajstić information content (AvgIpc) is 3.20. The van der Waals surface area contributed by atoms with Crippen LogP contribution in [-0.2, 0) is 17.6 Å². The minimum absolute atomic E-state index is 0.0833. The Morgan fingerprint density at radius 3 is 2.61 bits per heavy atom. The van der Waals surface area contributed by atoms with Gasteiger partial charge < -0.3 is 5.32 Å². The van der Waals surface area contributed by atoms with E-state index >= 15 is 0 Å². The summed E-state index contributed by atoms with van der Waals surface area (Å²) in [5, 5.41) is 16.4. The zero-order valence-corrected chi connectivity index (χ0v) is 15.6. The maximum absolute atomic E-state index is 12.1. The van der Waals surface area contributed by atoms with Gasteiger partial charge in [0.05, 0.1) is 11.3 Å². The standard InChI is InChI=1S/C18H18N6O3S/c25-15(11-13-5-2-1-3-6-13)22-23-18-16(24(26)27)17(20-12-21-18)19-9-8-14-7-4-10-28-14/h1-7,10,12H,8-9,11H2,(H,22,25)(H2,19,20,21,23). The fourth-order valence-corrected chi connectivity index (χ4v) is 3.19. The predicted octanol–water partition coefficient (Wildman–Crippen LogP) is 2.79. The Morgan fingerprint density at radius 2 is 1.89 bits per heavy atom. The van der Waals surface area contributed by atoms with Crippen LogP contribution in [0.4, 0.5) is 17.3 Å². The zero-order valence-electron chi connectivity index (χ0n) is 14.8. The van der Waals surface area contributed by atoms with Crippen molar-refractivity contribution in [3.63, 3.8) is 0 Å². The van der Waals surface area contributed by atoms with Gasteiger partial charge in [-0.2, -0.15) is 0 Å².